The van der Waals surface area contributed by atoms with Gasteiger partial charge < -0.3 is 9.80 Å². The van der Waals surface area contributed by atoms with E-state index in [4.69, 9.17) is 0 Å². The summed E-state index contributed by atoms with van der Waals surface area (Å²) in [4.78, 5) is 23.5. The van der Waals surface area contributed by atoms with E-state index in [1.165, 1.54) is 17.7 Å². The zero-order chi connectivity index (χ0) is 22.2. The Morgan fingerprint density at radius 2 is 1.94 bits per heavy atom. The average Bonchev–Trinajstić information content (AvgIpc) is 3.23. The number of benzene rings is 2. The lowest BCUT2D eigenvalue weighted by Gasteiger charge is -2.37. The minimum absolute atomic E-state index is 0.119. The number of aryl methyl sites for hydroxylation is 1. The Bertz CT molecular complexity index is 1240. The molecule has 0 bridgehead atoms. The second-order valence-corrected chi connectivity index (χ2v) is 8.44. The first-order chi connectivity index (χ1) is 15.5. The fourth-order valence-corrected chi connectivity index (χ4v) is 4.85. The number of hydrogen-bond donors (Lipinski definition) is 0. The third-order valence-corrected chi connectivity index (χ3v) is 6.45. The Balaban J connectivity index is 1.32. The molecule has 162 valence electrons. The van der Waals surface area contributed by atoms with Crippen LogP contribution in [0.1, 0.15) is 16.7 Å². The molecule has 3 aromatic rings. The highest BCUT2D eigenvalue weighted by molar-refractivity contribution is 5.97. The zero-order valence-electron chi connectivity index (χ0n) is 18.0. The van der Waals surface area contributed by atoms with Gasteiger partial charge in [0, 0.05) is 50.0 Å². The minimum Gasteiger partial charge on any atom is -0.367 e. The lowest BCUT2D eigenvalue weighted by Crippen LogP contribution is -2.50. The van der Waals surface area contributed by atoms with Gasteiger partial charge in [-0.15, -0.1) is 0 Å². The quantitative estimate of drug-likeness (QED) is 0.640. The maximum absolute atomic E-state index is 14.2. The van der Waals surface area contributed by atoms with Crippen LogP contribution in [-0.2, 0) is 11.2 Å². The second-order valence-electron chi connectivity index (χ2n) is 8.44. The van der Waals surface area contributed by atoms with Crippen LogP contribution in [0.25, 0.3) is 10.9 Å². The molecule has 2 aliphatic rings. The summed E-state index contributed by atoms with van der Waals surface area (Å²) < 4.78 is 14.2. The molecular formula is C25H24FN5O. The van der Waals surface area contributed by atoms with Gasteiger partial charge in [-0.05, 0) is 42.7 Å². The van der Waals surface area contributed by atoms with E-state index in [0.717, 1.165) is 29.9 Å². The molecule has 2 aliphatic heterocycles. The third-order valence-electron chi connectivity index (χ3n) is 6.45. The molecule has 1 amide bonds. The lowest BCUT2D eigenvalue weighted by molar-refractivity contribution is -0.119. The second kappa shape index (κ2) is 8.21. The number of piperazine rings is 1. The molecule has 5 rings (SSSR count). The van der Waals surface area contributed by atoms with E-state index < -0.39 is 0 Å². The first-order valence-electron chi connectivity index (χ1n) is 10.9. The van der Waals surface area contributed by atoms with Crippen LogP contribution in [0.3, 0.4) is 0 Å². The highest BCUT2D eigenvalue weighted by atomic mass is 19.1. The van der Waals surface area contributed by atoms with Crippen LogP contribution in [0.2, 0.25) is 0 Å². The molecule has 0 unspecified atom stereocenters. The van der Waals surface area contributed by atoms with Crippen molar-refractivity contribution >= 4 is 28.2 Å². The standard InChI is InChI=1S/C25H24FN5O/c1-17-12-20(26)13-21-24(17)28-15-19(14-27)25(21)30-10-8-29(9-11-30)16-23(32)31-7-6-18-4-2-3-5-22(18)31/h2-5,12-13,15H,6-11,16H2,1H3. The van der Waals surface area contributed by atoms with Gasteiger partial charge in [-0.3, -0.25) is 14.7 Å². The lowest BCUT2D eigenvalue weighted by atomic mass is 10.0. The first kappa shape index (κ1) is 20.4. The number of amides is 1. The number of fused-ring (bicyclic) bond motifs is 2. The van der Waals surface area contributed by atoms with Gasteiger partial charge in [-0.1, -0.05) is 18.2 Å². The van der Waals surface area contributed by atoms with Crippen molar-refractivity contribution in [2.75, 3.05) is 49.1 Å². The number of pyridine rings is 1. The zero-order valence-corrected chi connectivity index (χ0v) is 18.0. The van der Waals surface area contributed by atoms with Crippen molar-refractivity contribution in [3.05, 3.63) is 65.1 Å². The molecule has 1 fully saturated rings. The van der Waals surface area contributed by atoms with Gasteiger partial charge in [0.15, 0.2) is 0 Å². The van der Waals surface area contributed by atoms with Crippen LogP contribution in [0.15, 0.2) is 42.6 Å². The van der Waals surface area contributed by atoms with Crippen LogP contribution in [-0.4, -0.2) is 55.1 Å². The number of carbonyl (C=O) groups excluding carboxylic acids is 1. The number of para-hydroxylation sites is 1. The fraction of sp³-hybridized carbons (Fsp3) is 0.320. The van der Waals surface area contributed by atoms with Gasteiger partial charge in [-0.2, -0.15) is 5.26 Å². The Morgan fingerprint density at radius 3 is 2.72 bits per heavy atom. The van der Waals surface area contributed by atoms with Crippen molar-refractivity contribution in [2.45, 2.75) is 13.3 Å². The van der Waals surface area contributed by atoms with Gasteiger partial charge in [0.05, 0.1) is 23.3 Å². The minimum atomic E-state index is -0.330. The molecule has 3 heterocycles. The molecule has 0 N–H and O–H groups in total. The number of hydrogen-bond acceptors (Lipinski definition) is 5. The van der Waals surface area contributed by atoms with E-state index >= 15 is 0 Å². The molecule has 7 heteroatoms. The Labute approximate surface area is 186 Å². The van der Waals surface area contributed by atoms with Gasteiger partial charge in [0.1, 0.15) is 11.9 Å². The van der Waals surface area contributed by atoms with Crippen LogP contribution in [0.4, 0.5) is 15.8 Å². The van der Waals surface area contributed by atoms with Gasteiger partial charge >= 0.3 is 0 Å². The van der Waals surface area contributed by atoms with Crippen LogP contribution < -0.4 is 9.80 Å². The Hall–Kier alpha value is -3.50. The number of nitriles is 1. The Morgan fingerprint density at radius 1 is 1.16 bits per heavy atom. The number of nitrogens with zero attached hydrogens (tertiary/aromatic N) is 5. The van der Waals surface area contributed by atoms with Crippen LogP contribution >= 0.6 is 0 Å². The number of rotatable bonds is 3. The van der Waals surface area contributed by atoms with Gasteiger partial charge in [0.2, 0.25) is 5.91 Å². The van der Waals surface area contributed by atoms with E-state index in [1.54, 1.807) is 6.20 Å². The number of halogens is 1. The van der Waals surface area contributed by atoms with Crippen LogP contribution in [0.5, 0.6) is 0 Å². The SMILES string of the molecule is Cc1cc(F)cc2c(N3CCN(CC(=O)N4CCc5ccccc54)CC3)c(C#N)cnc12. The van der Waals surface area contributed by atoms with E-state index in [0.29, 0.717) is 49.2 Å². The van der Waals surface area contributed by atoms with E-state index in [1.807, 2.05) is 30.0 Å². The molecule has 2 aromatic carbocycles. The molecule has 1 aromatic heterocycles. The van der Waals surface area contributed by atoms with Gasteiger partial charge in [-0.25, -0.2) is 4.39 Å². The van der Waals surface area contributed by atoms with Crippen LogP contribution in [0, 0.1) is 24.1 Å². The normalized spacial score (nSPS) is 16.3. The van der Waals surface area contributed by atoms with Crippen molar-refractivity contribution in [1.82, 2.24) is 9.88 Å². The fourth-order valence-electron chi connectivity index (χ4n) is 4.85. The topological polar surface area (TPSA) is 63.5 Å². The maximum Gasteiger partial charge on any atom is 0.241 e. The highest BCUT2D eigenvalue weighted by Gasteiger charge is 2.28. The summed E-state index contributed by atoms with van der Waals surface area (Å²) in [5.74, 6) is -0.212. The largest absolute Gasteiger partial charge is 0.367 e. The number of anilines is 2. The summed E-state index contributed by atoms with van der Waals surface area (Å²) in [7, 11) is 0. The molecule has 0 aliphatic carbocycles. The predicted octanol–water partition coefficient (Wildman–Crippen LogP) is 3.27. The van der Waals surface area contributed by atoms with E-state index in [-0.39, 0.29) is 11.7 Å². The first-order valence-corrected chi connectivity index (χ1v) is 10.9. The number of aromatic nitrogens is 1. The molecule has 0 saturated carbocycles. The molecule has 0 radical (unpaired) electrons. The predicted molar refractivity (Wildman–Crippen MR) is 122 cm³/mol. The van der Waals surface area contributed by atoms with E-state index in [9.17, 15) is 14.4 Å². The highest BCUT2D eigenvalue weighted by Crippen LogP contribution is 2.32. The molecular weight excluding hydrogens is 405 g/mol. The summed E-state index contributed by atoms with van der Waals surface area (Å²) in [6, 6.07) is 13.2. The summed E-state index contributed by atoms with van der Waals surface area (Å²) in [5.41, 5.74) is 4.89. The van der Waals surface area contributed by atoms with Crippen molar-refractivity contribution in [2.24, 2.45) is 0 Å². The van der Waals surface area contributed by atoms with Crippen molar-refractivity contribution < 1.29 is 9.18 Å². The summed E-state index contributed by atoms with van der Waals surface area (Å²) >= 11 is 0. The monoisotopic (exact) mass is 429 g/mol. The average molecular weight is 429 g/mol. The molecule has 32 heavy (non-hydrogen) atoms. The smallest absolute Gasteiger partial charge is 0.241 e. The molecule has 0 atom stereocenters. The van der Waals surface area contributed by atoms with Gasteiger partial charge in [0.25, 0.3) is 0 Å². The van der Waals surface area contributed by atoms with Crippen molar-refractivity contribution in [3.63, 3.8) is 0 Å². The summed E-state index contributed by atoms with van der Waals surface area (Å²) in [6.07, 6.45) is 2.47. The van der Waals surface area contributed by atoms with E-state index in [2.05, 4.69) is 26.9 Å². The number of carbonyl (C=O) groups is 1. The molecule has 1 saturated heterocycles. The Kier molecular flexibility index (Phi) is 5.24. The summed E-state index contributed by atoms with van der Waals surface area (Å²) in [5, 5.41) is 10.3. The maximum atomic E-state index is 14.2. The third kappa shape index (κ3) is 3.57. The molecule has 0 spiro atoms. The molecule has 6 nitrogen and oxygen atoms in total. The van der Waals surface area contributed by atoms with Crippen molar-refractivity contribution in [3.8, 4) is 6.07 Å². The van der Waals surface area contributed by atoms with Crippen molar-refractivity contribution in [1.29, 1.82) is 5.26 Å². The summed E-state index contributed by atoms with van der Waals surface area (Å²) in [6.45, 7) is 5.65.